The summed E-state index contributed by atoms with van der Waals surface area (Å²) in [6.07, 6.45) is 9.36. The molecule has 10 heteroatoms. The maximum atomic E-state index is 5.97. The molecule has 0 radical (unpaired) electrons. The first-order chi connectivity index (χ1) is 16.1. The zero-order chi connectivity index (χ0) is 22.6. The van der Waals surface area contributed by atoms with Crippen molar-refractivity contribution in [2.45, 2.75) is 45.6 Å². The van der Waals surface area contributed by atoms with Crippen molar-refractivity contribution in [3.05, 3.63) is 49.1 Å². The summed E-state index contributed by atoms with van der Waals surface area (Å²) in [5.74, 6) is 3.85. The average Bonchev–Trinajstić information content (AvgIpc) is 3.57. The molecule has 1 aromatic carbocycles. The summed E-state index contributed by atoms with van der Waals surface area (Å²) in [5.41, 5.74) is 0.799. The fourth-order valence-electron chi connectivity index (χ4n) is 3.45. The number of fused-ring (bicyclic) bond motifs is 1. The summed E-state index contributed by atoms with van der Waals surface area (Å²) in [6.45, 7) is 5.12. The van der Waals surface area contributed by atoms with Gasteiger partial charge in [0.15, 0.2) is 5.82 Å². The number of nitrogens with one attached hydrogen (secondary N) is 1. The van der Waals surface area contributed by atoms with Crippen molar-refractivity contribution in [3.8, 4) is 17.4 Å². The van der Waals surface area contributed by atoms with E-state index >= 15 is 0 Å². The van der Waals surface area contributed by atoms with Crippen LogP contribution in [0.15, 0.2) is 49.1 Å². The Morgan fingerprint density at radius 1 is 1.06 bits per heavy atom. The molecule has 1 saturated carbocycles. The van der Waals surface area contributed by atoms with Crippen molar-refractivity contribution >= 4 is 22.5 Å². The summed E-state index contributed by atoms with van der Waals surface area (Å²) in [7, 11) is 0. The van der Waals surface area contributed by atoms with Crippen LogP contribution in [0.4, 0.5) is 11.6 Å². The fourth-order valence-corrected chi connectivity index (χ4v) is 3.45. The summed E-state index contributed by atoms with van der Waals surface area (Å²) in [4.78, 5) is 14.9. The summed E-state index contributed by atoms with van der Waals surface area (Å²) in [5, 5.41) is 12.9. The molecule has 178 valence electrons. The SMILES string of the molecule is CC(C)CCCOc1ccc(Oc2ccc3ncnc(Nc4cnn(C5CC5)n4)c3c2)nc1.[Cl-]. The molecule has 4 aromatic rings. The molecule has 5 rings (SSSR count). The van der Waals surface area contributed by atoms with E-state index in [9.17, 15) is 0 Å². The van der Waals surface area contributed by atoms with Gasteiger partial charge in [-0.3, -0.25) is 0 Å². The summed E-state index contributed by atoms with van der Waals surface area (Å²) < 4.78 is 11.7. The lowest BCUT2D eigenvalue weighted by Gasteiger charge is -2.10. The number of hydrogen-bond acceptors (Lipinski definition) is 8. The number of ether oxygens (including phenoxy) is 2. The van der Waals surface area contributed by atoms with Crippen molar-refractivity contribution in [1.82, 2.24) is 29.9 Å². The zero-order valence-corrected chi connectivity index (χ0v) is 19.9. The van der Waals surface area contributed by atoms with Gasteiger partial charge in [-0.25, -0.2) is 15.0 Å². The zero-order valence-electron chi connectivity index (χ0n) is 19.2. The second-order valence-electron chi connectivity index (χ2n) is 8.63. The number of halogens is 1. The van der Waals surface area contributed by atoms with Crippen LogP contribution in [0.5, 0.6) is 17.4 Å². The molecular formula is C24H27ClN7O2-. The Morgan fingerprint density at radius 2 is 1.91 bits per heavy atom. The molecule has 34 heavy (non-hydrogen) atoms. The number of aromatic nitrogens is 6. The van der Waals surface area contributed by atoms with Gasteiger partial charge in [-0.15, -0.1) is 5.10 Å². The third kappa shape index (κ3) is 5.91. The van der Waals surface area contributed by atoms with Gasteiger partial charge in [-0.2, -0.15) is 9.90 Å². The van der Waals surface area contributed by atoms with Gasteiger partial charge in [0.05, 0.1) is 30.6 Å². The van der Waals surface area contributed by atoms with Crippen molar-refractivity contribution in [3.63, 3.8) is 0 Å². The standard InChI is InChI=1S/C24H27N7O2.ClH/c1-16(2)4-3-11-32-19-8-10-23(25-13-19)33-18-7-9-21-20(12-18)24(27-15-26-21)29-22-14-28-31(30-22)17-5-6-17;/h7-10,12-17H,3-6,11H2,1-2H3,(H,26,27,29,30);1H/p-1. The van der Waals surface area contributed by atoms with Crippen LogP contribution in [0.1, 0.15) is 45.6 Å². The number of rotatable bonds is 10. The molecule has 1 aliphatic rings. The lowest BCUT2D eigenvalue weighted by molar-refractivity contribution is -0.00000817. The van der Waals surface area contributed by atoms with E-state index in [2.05, 4.69) is 44.3 Å². The highest BCUT2D eigenvalue weighted by molar-refractivity contribution is 5.91. The molecule has 1 aliphatic carbocycles. The average molecular weight is 481 g/mol. The second-order valence-corrected chi connectivity index (χ2v) is 8.63. The molecule has 0 bridgehead atoms. The Balaban J connectivity index is 0.00000274. The van der Waals surface area contributed by atoms with Gasteiger partial charge in [0.2, 0.25) is 5.88 Å². The van der Waals surface area contributed by atoms with E-state index in [4.69, 9.17) is 9.47 Å². The van der Waals surface area contributed by atoms with Crippen LogP contribution in [0.25, 0.3) is 10.9 Å². The first-order valence-electron chi connectivity index (χ1n) is 11.3. The van der Waals surface area contributed by atoms with Gasteiger partial charge in [0.1, 0.15) is 23.6 Å². The molecular weight excluding hydrogens is 454 g/mol. The van der Waals surface area contributed by atoms with Crippen LogP contribution in [0, 0.1) is 5.92 Å². The van der Waals surface area contributed by atoms with Gasteiger partial charge in [-0.1, -0.05) is 13.8 Å². The summed E-state index contributed by atoms with van der Waals surface area (Å²) >= 11 is 0. The molecule has 0 amide bonds. The Hall–Kier alpha value is -3.46. The number of hydrogen-bond donors (Lipinski definition) is 1. The maximum Gasteiger partial charge on any atom is 0.219 e. The van der Waals surface area contributed by atoms with E-state index in [0.717, 1.165) is 42.3 Å². The van der Waals surface area contributed by atoms with Crippen LogP contribution in [-0.4, -0.2) is 36.6 Å². The third-order valence-electron chi connectivity index (χ3n) is 5.36. The van der Waals surface area contributed by atoms with Crippen molar-refractivity contribution in [2.75, 3.05) is 11.9 Å². The minimum absolute atomic E-state index is 0. The number of anilines is 2. The largest absolute Gasteiger partial charge is 1.00 e. The minimum atomic E-state index is 0. The molecule has 9 nitrogen and oxygen atoms in total. The first-order valence-corrected chi connectivity index (χ1v) is 11.3. The van der Waals surface area contributed by atoms with Crippen LogP contribution < -0.4 is 27.2 Å². The van der Waals surface area contributed by atoms with Crippen molar-refractivity contribution in [2.24, 2.45) is 5.92 Å². The van der Waals surface area contributed by atoms with Gasteiger partial charge in [-0.05, 0) is 55.9 Å². The van der Waals surface area contributed by atoms with Crippen LogP contribution in [0.3, 0.4) is 0 Å². The van der Waals surface area contributed by atoms with Crippen LogP contribution in [0.2, 0.25) is 0 Å². The molecule has 1 N–H and O–H groups in total. The Kier molecular flexibility index (Phi) is 7.42. The Bertz CT molecular complexity index is 1230. The highest BCUT2D eigenvalue weighted by atomic mass is 35.5. The Labute approximate surface area is 204 Å². The van der Waals surface area contributed by atoms with Crippen LogP contribution in [-0.2, 0) is 0 Å². The lowest BCUT2D eigenvalue weighted by atomic mass is 10.1. The molecule has 0 unspecified atom stereocenters. The lowest BCUT2D eigenvalue weighted by Crippen LogP contribution is -3.00. The van der Waals surface area contributed by atoms with E-state index in [1.165, 1.54) is 6.33 Å². The molecule has 1 fully saturated rings. The quantitative estimate of drug-likeness (QED) is 0.345. The fraction of sp³-hybridized carbons (Fsp3) is 0.375. The van der Waals surface area contributed by atoms with E-state index in [-0.39, 0.29) is 12.4 Å². The van der Waals surface area contributed by atoms with E-state index in [1.807, 2.05) is 24.3 Å². The number of nitrogens with zero attached hydrogens (tertiary/aromatic N) is 6. The molecule has 0 spiro atoms. The monoisotopic (exact) mass is 480 g/mol. The number of pyridine rings is 1. The maximum absolute atomic E-state index is 5.97. The molecule has 0 saturated heterocycles. The van der Waals surface area contributed by atoms with Gasteiger partial charge in [0, 0.05) is 11.5 Å². The summed E-state index contributed by atoms with van der Waals surface area (Å²) in [6, 6.07) is 9.75. The third-order valence-corrected chi connectivity index (χ3v) is 5.36. The second kappa shape index (κ2) is 10.6. The molecule has 3 aromatic heterocycles. The molecule has 0 aliphatic heterocycles. The van der Waals surface area contributed by atoms with E-state index in [0.29, 0.717) is 41.8 Å². The van der Waals surface area contributed by atoms with Gasteiger partial charge in [0.25, 0.3) is 0 Å². The van der Waals surface area contributed by atoms with Crippen molar-refractivity contribution in [1.29, 1.82) is 0 Å². The van der Waals surface area contributed by atoms with Crippen molar-refractivity contribution < 1.29 is 21.9 Å². The first kappa shape index (κ1) is 23.7. The van der Waals surface area contributed by atoms with E-state index < -0.39 is 0 Å². The highest BCUT2D eigenvalue weighted by Crippen LogP contribution is 2.34. The predicted octanol–water partition coefficient (Wildman–Crippen LogP) is 2.31. The normalized spacial score (nSPS) is 13.0. The van der Waals surface area contributed by atoms with Crippen LogP contribution >= 0.6 is 0 Å². The minimum Gasteiger partial charge on any atom is -1.00 e. The molecule has 3 heterocycles. The van der Waals surface area contributed by atoms with Gasteiger partial charge < -0.3 is 27.2 Å². The topological polar surface area (TPSA) is 99.9 Å². The predicted molar refractivity (Wildman–Crippen MR) is 125 cm³/mol. The molecule has 0 atom stereocenters. The van der Waals surface area contributed by atoms with E-state index in [1.54, 1.807) is 23.3 Å². The Morgan fingerprint density at radius 3 is 2.68 bits per heavy atom. The van der Waals surface area contributed by atoms with Gasteiger partial charge >= 0.3 is 0 Å². The highest BCUT2D eigenvalue weighted by Gasteiger charge is 2.25. The smallest absolute Gasteiger partial charge is 0.219 e. The number of benzene rings is 1.